The number of ether oxygens (including phenoxy) is 3. The summed E-state index contributed by atoms with van der Waals surface area (Å²) in [5.41, 5.74) is 6.52. The average Bonchev–Trinajstić information content (AvgIpc) is 2.78. The smallest absolute Gasteiger partial charge is 0.252 e. The quantitative estimate of drug-likeness (QED) is 0.758. The summed E-state index contributed by atoms with van der Waals surface area (Å²) in [5, 5.41) is 0. The lowest BCUT2D eigenvalue weighted by Crippen LogP contribution is -2.50. The van der Waals surface area contributed by atoms with Crippen LogP contribution in [0.4, 0.5) is 0 Å². The average molecular weight is 362 g/mol. The third kappa shape index (κ3) is 4.41. The summed E-state index contributed by atoms with van der Waals surface area (Å²) < 4.78 is 16.5. The first-order chi connectivity index (χ1) is 12.6. The van der Waals surface area contributed by atoms with Crippen LogP contribution in [0, 0.1) is 0 Å². The zero-order valence-corrected chi connectivity index (χ0v) is 15.0. The Morgan fingerprint density at radius 2 is 2.08 bits per heavy atom. The van der Waals surface area contributed by atoms with Gasteiger partial charge < -0.3 is 24.8 Å². The molecule has 1 aromatic rings. The number of primary amides is 1. The Morgan fingerprint density at radius 1 is 1.31 bits per heavy atom. The molecular weight excluding hydrogens is 336 g/mol. The molecule has 0 radical (unpaired) electrons. The predicted octanol–water partition coefficient (Wildman–Crippen LogP) is 0.852. The van der Waals surface area contributed by atoms with Crippen molar-refractivity contribution in [1.82, 2.24) is 4.90 Å². The van der Waals surface area contributed by atoms with Crippen LogP contribution < -0.4 is 5.73 Å². The van der Waals surface area contributed by atoms with E-state index >= 15 is 0 Å². The predicted molar refractivity (Wildman–Crippen MR) is 94.1 cm³/mol. The van der Waals surface area contributed by atoms with Crippen LogP contribution in [0.1, 0.15) is 24.8 Å². The van der Waals surface area contributed by atoms with E-state index in [1.807, 2.05) is 35.2 Å². The SMILES string of the molecule is COCOC1CCN2C(=O)[C@H](Cc3ccccc3)O[C@H](C(N)=O)CC2C1. The van der Waals surface area contributed by atoms with E-state index in [0.29, 0.717) is 25.8 Å². The van der Waals surface area contributed by atoms with Crippen molar-refractivity contribution in [3.63, 3.8) is 0 Å². The minimum Gasteiger partial charge on any atom is -0.367 e. The zero-order chi connectivity index (χ0) is 18.5. The van der Waals surface area contributed by atoms with Crippen LogP contribution in [0.5, 0.6) is 0 Å². The minimum absolute atomic E-state index is 0.00296. The van der Waals surface area contributed by atoms with E-state index in [0.717, 1.165) is 12.0 Å². The molecule has 0 saturated carbocycles. The van der Waals surface area contributed by atoms with Gasteiger partial charge in [-0.25, -0.2) is 0 Å². The number of hydrogen-bond acceptors (Lipinski definition) is 5. The van der Waals surface area contributed by atoms with Crippen molar-refractivity contribution in [3.05, 3.63) is 35.9 Å². The van der Waals surface area contributed by atoms with Crippen molar-refractivity contribution in [3.8, 4) is 0 Å². The number of nitrogens with two attached hydrogens (primary N) is 1. The number of amides is 2. The van der Waals surface area contributed by atoms with E-state index in [9.17, 15) is 9.59 Å². The summed E-state index contributed by atoms with van der Waals surface area (Å²) in [5.74, 6) is -0.606. The van der Waals surface area contributed by atoms with Gasteiger partial charge in [0, 0.05) is 32.5 Å². The minimum atomic E-state index is -0.774. The standard InChI is InChI=1S/C19H26N2O5/c1-24-12-25-15-7-8-21-14(10-15)11-16(18(20)22)26-17(19(21)23)9-13-5-3-2-4-6-13/h2-6,14-17H,7-12H2,1H3,(H2,20,22)/t14?,15?,16-,17-/m0/s1. The molecule has 0 spiro atoms. The van der Waals surface area contributed by atoms with Crippen molar-refractivity contribution in [1.29, 1.82) is 0 Å². The van der Waals surface area contributed by atoms with Gasteiger partial charge in [-0.1, -0.05) is 30.3 Å². The molecule has 7 heteroatoms. The number of fused-ring (bicyclic) bond motifs is 1. The third-order valence-corrected chi connectivity index (χ3v) is 5.04. The molecule has 2 amide bonds. The fourth-order valence-corrected chi connectivity index (χ4v) is 3.73. The molecule has 0 bridgehead atoms. The molecule has 3 rings (SSSR count). The Balaban J connectivity index is 1.76. The molecule has 1 aromatic carbocycles. The van der Waals surface area contributed by atoms with E-state index in [1.54, 1.807) is 7.11 Å². The summed E-state index contributed by atoms with van der Waals surface area (Å²) in [7, 11) is 1.58. The lowest BCUT2D eigenvalue weighted by Gasteiger charge is -2.38. The highest BCUT2D eigenvalue weighted by Crippen LogP contribution is 2.29. The Hall–Kier alpha value is -1.96. The second-order valence-corrected chi connectivity index (χ2v) is 6.85. The van der Waals surface area contributed by atoms with E-state index in [-0.39, 0.29) is 24.8 Å². The van der Waals surface area contributed by atoms with Crippen LogP contribution in [0.2, 0.25) is 0 Å². The Labute approximate surface area is 153 Å². The van der Waals surface area contributed by atoms with Crippen molar-refractivity contribution >= 4 is 11.8 Å². The highest BCUT2D eigenvalue weighted by Gasteiger charge is 2.42. The fraction of sp³-hybridized carbons (Fsp3) is 0.579. The van der Waals surface area contributed by atoms with Gasteiger partial charge in [-0.15, -0.1) is 0 Å². The van der Waals surface area contributed by atoms with Gasteiger partial charge in [0.2, 0.25) is 5.91 Å². The van der Waals surface area contributed by atoms with Crippen molar-refractivity contribution in [2.24, 2.45) is 5.73 Å². The highest BCUT2D eigenvalue weighted by molar-refractivity contribution is 5.84. The molecule has 2 fully saturated rings. The van der Waals surface area contributed by atoms with Crippen molar-refractivity contribution in [2.45, 2.75) is 50.0 Å². The van der Waals surface area contributed by atoms with Crippen molar-refractivity contribution < 1.29 is 23.8 Å². The molecular formula is C19H26N2O5. The number of hydrogen-bond donors (Lipinski definition) is 1. The van der Waals surface area contributed by atoms with Crippen LogP contribution in [0.25, 0.3) is 0 Å². The Morgan fingerprint density at radius 3 is 2.77 bits per heavy atom. The molecule has 0 aliphatic carbocycles. The maximum absolute atomic E-state index is 13.1. The monoisotopic (exact) mass is 362 g/mol. The van der Waals surface area contributed by atoms with Gasteiger partial charge in [-0.3, -0.25) is 9.59 Å². The normalized spacial score (nSPS) is 29.1. The van der Waals surface area contributed by atoms with Gasteiger partial charge in [-0.2, -0.15) is 0 Å². The molecule has 142 valence electrons. The summed E-state index contributed by atoms with van der Waals surface area (Å²) in [6, 6.07) is 9.54. The van der Waals surface area contributed by atoms with Gasteiger partial charge in [0.1, 0.15) is 19.0 Å². The lowest BCUT2D eigenvalue weighted by molar-refractivity contribution is -0.150. The zero-order valence-electron chi connectivity index (χ0n) is 15.0. The maximum atomic E-state index is 13.1. The summed E-state index contributed by atoms with van der Waals surface area (Å²) in [6.07, 6.45) is 0.754. The number of methoxy groups -OCH3 is 1. The van der Waals surface area contributed by atoms with Gasteiger partial charge >= 0.3 is 0 Å². The van der Waals surface area contributed by atoms with E-state index < -0.39 is 18.1 Å². The molecule has 2 unspecified atom stereocenters. The summed E-state index contributed by atoms with van der Waals surface area (Å²) >= 11 is 0. The van der Waals surface area contributed by atoms with Crippen LogP contribution in [-0.2, 0) is 30.2 Å². The summed E-state index contributed by atoms with van der Waals surface area (Å²) in [4.78, 5) is 26.7. The number of benzene rings is 1. The molecule has 2 heterocycles. The fourth-order valence-electron chi connectivity index (χ4n) is 3.73. The molecule has 4 atom stereocenters. The molecule has 7 nitrogen and oxygen atoms in total. The van der Waals surface area contributed by atoms with Crippen LogP contribution >= 0.6 is 0 Å². The maximum Gasteiger partial charge on any atom is 0.252 e. The van der Waals surface area contributed by atoms with E-state index in [1.165, 1.54) is 0 Å². The van der Waals surface area contributed by atoms with Crippen LogP contribution in [0.3, 0.4) is 0 Å². The Bertz CT molecular complexity index is 624. The lowest BCUT2D eigenvalue weighted by atomic mass is 9.94. The van der Waals surface area contributed by atoms with Gasteiger partial charge in [0.25, 0.3) is 5.91 Å². The second kappa shape index (κ2) is 8.62. The molecule has 26 heavy (non-hydrogen) atoms. The molecule has 2 N–H and O–H groups in total. The number of piperidine rings is 1. The second-order valence-electron chi connectivity index (χ2n) is 6.85. The van der Waals surface area contributed by atoms with Gasteiger partial charge in [-0.05, 0) is 18.4 Å². The first-order valence-corrected chi connectivity index (χ1v) is 8.98. The van der Waals surface area contributed by atoms with Gasteiger partial charge in [0.05, 0.1) is 6.10 Å². The van der Waals surface area contributed by atoms with E-state index in [4.69, 9.17) is 19.9 Å². The number of carbonyl (C=O) groups excluding carboxylic acids is 2. The van der Waals surface area contributed by atoms with Crippen LogP contribution in [-0.4, -0.2) is 61.5 Å². The first-order valence-electron chi connectivity index (χ1n) is 8.98. The topological polar surface area (TPSA) is 91.1 Å². The summed E-state index contributed by atoms with van der Waals surface area (Å²) in [6.45, 7) is 0.801. The largest absolute Gasteiger partial charge is 0.367 e. The molecule has 2 aliphatic heterocycles. The van der Waals surface area contributed by atoms with E-state index in [2.05, 4.69) is 0 Å². The van der Waals surface area contributed by atoms with Crippen LogP contribution in [0.15, 0.2) is 30.3 Å². The molecule has 2 saturated heterocycles. The first kappa shape index (κ1) is 18.8. The van der Waals surface area contributed by atoms with Crippen molar-refractivity contribution in [2.75, 3.05) is 20.4 Å². The number of nitrogens with zero attached hydrogens (tertiary/aromatic N) is 1. The number of rotatable bonds is 6. The molecule has 2 aliphatic rings. The highest BCUT2D eigenvalue weighted by atomic mass is 16.7. The van der Waals surface area contributed by atoms with Gasteiger partial charge in [0.15, 0.2) is 0 Å². The Kier molecular flexibility index (Phi) is 6.24. The molecule has 0 aromatic heterocycles. The number of carbonyl (C=O) groups is 2. The third-order valence-electron chi connectivity index (χ3n) is 5.04.